The number of allylic oxidation sites excluding steroid dienone is 1. The third-order valence-electron chi connectivity index (χ3n) is 7.00. The molecule has 0 aromatic carbocycles. The molecule has 1 aromatic heterocycles. The summed E-state index contributed by atoms with van der Waals surface area (Å²) >= 11 is 1.35. The van der Waals surface area contributed by atoms with Gasteiger partial charge in [0, 0.05) is 17.7 Å². The number of aliphatic hydroxyl groups is 3. The summed E-state index contributed by atoms with van der Waals surface area (Å²) in [5.41, 5.74) is 0.627. The molecule has 0 amide bonds. The van der Waals surface area contributed by atoms with E-state index in [1.165, 1.54) is 11.3 Å². The number of aromatic nitrogens is 1. The maximum Gasteiger partial charge on any atom is 0.309 e. The van der Waals surface area contributed by atoms with Gasteiger partial charge >= 0.3 is 5.97 Å². The topological polar surface area (TPSA) is 117 Å². The van der Waals surface area contributed by atoms with Crippen molar-refractivity contribution in [1.82, 2.24) is 4.98 Å². The first-order valence-electron chi connectivity index (χ1n) is 12.5. The SMILES string of the molecule is CC[C@H]1C(=O)C(C)(C)[C@@H](O)CC(=O)O[C@H](C=Cc2csc(CO)n2)C/C=C(/C)CCC[C@H](C)[C@@H]1O. The number of aliphatic hydroxyl groups excluding tert-OH is 3. The van der Waals surface area contributed by atoms with Gasteiger partial charge in [-0.2, -0.15) is 0 Å². The van der Waals surface area contributed by atoms with E-state index in [1.807, 2.05) is 32.2 Å². The lowest BCUT2D eigenvalue weighted by molar-refractivity contribution is -0.154. The molecule has 0 spiro atoms. The van der Waals surface area contributed by atoms with Gasteiger partial charge in [0.2, 0.25) is 0 Å². The van der Waals surface area contributed by atoms with Crippen molar-refractivity contribution in [2.45, 2.75) is 98.1 Å². The van der Waals surface area contributed by atoms with Crippen molar-refractivity contribution in [3.8, 4) is 0 Å². The number of hydrogen-bond acceptors (Lipinski definition) is 8. The second-order valence-corrected chi connectivity index (χ2v) is 11.1. The smallest absolute Gasteiger partial charge is 0.309 e. The Morgan fingerprint density at radius 3 is 2.63 bits per heavy atom. The summed E-state index contributed by atoms with van der Waals surface area (Å²) in [6.07, 6.45) is 6.10. The maximum atomic E-state index is 13.4. The van der Waals surface area contributed by atoms with E-state index in [2.05, 4.69) is 4.98 Å². The highest BCUT2D eigenvalue weighted by molar-refractivity contribution is 7.09. The van der Waals surface area contributed by atoms with Gasteiger partial charge in [0.25, 0.3) is 0 Å². The number of thiazole rings is 1. The number of ether oxygens (including phenoxy) is 1. The first-order valence-corrected chi connectivity index (χ1v) is 13.4. The van der Waals surface area contributed by atoms with Gasteiger partial charge in [0.1, 0.15) is 16.9 Å². The van der Waals surface area contributed by atoms with Crippen molar-refractivity contribution in [3.63, 3.8) is 0 Å². The minimum atomic E-state index is -1.24. The van der Waals surface area contributed by atoms with Crippen molar-refractivity contribution in [3.05, 3.63) is 33.8 Å². The summed E-state index contributed by atoms with van der Waals surface area (Å²) in [5, 5.41) is 33.4. The number of rotatable bonds is 4. The van der Waals surface area contributed by atoms with Gasteiger partial charge < -0.3 is 20.1 Å². The van der Waals surface area contributed by atoms with E-state index in [0.29, 0.717) is 23.5 Å². The van der Waals surface area contributed by atoms with Crippen LogP contribution in [-0.4, -0.2) is 50.4 Å². The summed E-state index contributed by atoms with van der Waals surface area (Å²) in [4.78, 5) is 30.4. The molecule has 1 aromatic rings. The Morgan fingerprint density at radius 1 is 1.29 bits per heavy atom. The van der Waals surface area contributed by atoms with Gasteiger partial charge in [-0.25, -0.2) is 4.98 Å². The fraction of sp³-hybridized carbons (Fsp3) is 0.667. The number of cyclic esters (lactones) is 1. The molecule has 0 radical (unpaired) electrons. The number of Topliss-reactive ketones (excluding diaryl/α,β-unsaturated/α-hetero) is 1. The molecule has 7 nitrogen and oxygen atoms in total. The third kappa shape index (κ3) is 8.34. The number of hydrogen-bond donors (Lipinski definition) is 3. The quantitative estimate of drug-likeness (QED) is 0.407. The van der Waals surface area contributed by atoms with Gasteiger partial charge in [0.15, 0.2) is 0 Å². The molecule has 0 fully saturated rings. The van der Waals surface area contributed by atoms with Crippen molar-refractivity contribution < 1.29 is 29.6 Å². The monoisotopic (exact) mass is 507 g/mol. The van der Waals surface area contributed by atoms with Crippen LogP contribution in [0.25, 0.3) is 6.08 Å². The molecule has 35 heavy (non-hydrogen) atoms. The number of carbonyl (C=O) groups is 2. The zero-order valence-electron chi connectivity index (χ0n) is 21.6. The average molecular weight is 508 g/mol. The van der Waals surface area contributed by atoms with Crippen molar-refractivity contribution >= 4 is 29.2 Å². The molecule has 0 saturated heterocycles. The van der Waals surface area contributed by atoms with Crippen LogP contribution >= 0.6 is 11.3 Å². The highest BCUT2D eigenvalue weighted by Gasteiger charge is 2.43. The normalized spacial score (nSPS) is 31.2. The summed E-state index contributed by atoms with van der Waals surface area (Å²) in [7, 11) is 0. The summed E-state index contributed by atoms with van der Waals surface area (Å²) in [6.45, 7) is 8.99. The van der Waals surface area contributed by atoms with Crippen molar-refractivity contribution in [2.75, 3.05) is 0 Å². The second-order valence-electron chi connectivity index (χ2n) is 10.2. The molecule has 3 N–H and O–H groups in total. The Kier molecular flexibility index (Phi) is 11.3. The van der Waals surface area contributed by atoms with E-state index in [9.17, 15) is 24.9 Å². The lowest BCUT2D eigenvalue weighted by Gasteiger charge is -2.35. The van der Waals surface area contributed by atoms with Crippen LogP contribution in [0.3, 0.4) is 0 Å². The van der Waals surface area contributed by atoms with E-state index in [4.69, 9.17) is 4.74 Å². The molecular formula is C27H41NO6S. The number of ketones is 1. The average Bonchev–Trinajstić information content (AvgIpc) is 3.28. The van der Waals surface area contributed by atoms with Crippen molar-refractivity contribution in [2.24, 2.45) is 17.3 Å². The van der Waals surface area contributed by atoms with E-state index in [-0.39, 0.29) is 24.7 Å². The van der Waals surface area contributed by atoms with Gasteiger partial charge in [-0.3, -0.25) is 9.59 Å². The van der Waals surface area contributed by atoms with Crippen LogP contribution in [0.4, 0.5) is 0 Å². The maximum absolute atomic E-state index is 13.4. The highest BCUT2D eigenvalue weighted by atomic mass is 32.1. The standard InChI is InChI=1S/C27H41NO6S/c1-6-21-25(32)18(3)9-7-8-17(2)10-12-20(13-11-19-16-35-23(15-29)28-19)34-24(31)14-22(30)27(4,5)26(21)33/h10-11,13,16,18,20-22,25,29-30,32H,6-9,12,14-15H2,1-5H3/b13-11?,17-10-/t18-,20-,21+,22-,25-/m0/s1. The van der Waals surface area contributed by atoms with Crippen LogP contribution in [0, 0.1) is 17.3 Å². The van der Waals surface area contributed by atoms with Gasteiger partial charge in [0.05, 0.1) is 36.3 Å². The molecule has 0 unspecified atom stereocenters. The predicted octanol–water partition coefficient (Wildman–Crippen LogP) is 4.45. The Bertz CT molecular complexity index is 905. The van der Waals surface area contributed by atoms with Crippen LogP contribution in [-0.2, 0) is 20.9 Å². The van der Waals surface area contributed by atoms with Gasteiger partial charge in [-0.15, -0.1) is 11.3 Å². The zero-order chi connectivity index (χ0) is 26.2. The lowest BCUT2D eigenvalue weighted by atomic mass is 9.71. The molecule has 196 valence electrons. The molecule has 0 saturated carbocycles. The molecular weight excluding hydrogens is 466 g/mol. The second kappa shape index (κ2) is 13.4. The Balaban J connectivity index is 2.29. The molecule has 2 rings (SSSR count). The van der Waals surface area contributed by atoms with Gasteiger partial charge in [-0.05, 0) is 50.7 Å². The molecule has 1 aliphatic heterocycles. The van der Waals surface area contributed by atoms with Crippen LogP contribution in [0.2, 0.25) is 0 Å². The van der Waals surface area contributed by atoms with Crippen LogP contribution in [0.15, 0.2) is 23.1 Å². The zero-order valence-corrected chi connectivity index (χ0v) is 22.4. The fourth-order valence-electron chi connectivity index (χ4n) is 4.39. The molecule has 0 bridgehead atoms. The van der Waals surface area contributed by atoms with E-state index in [1.54, 1.807) is 26.0 Å². The van der Waals surface area contributed by atoms with E-state index in [0.717, 1.165) is 24.8 Å². The first-order chi connectivity index (χ1) is 16.5. The van der Waals surface area contributed by atoms with Crippen molar-refractivity contribution in [1.29, 1.82) is 0 Å². The minimum absolute atomic E-state index is 0.0554. The Morgan fingerprint density at radius 2 is 2.00 bits per heavy atom. The van der Waals surface area contributed by atoms with Crippen LogP contribution in [0.5, 0.6) is 0 Å². The summed E-state index contributed by atoms with van der Waals surface area (Å²) < 4.78 is 5.68. The molecule has 0 aliphatic carbocycles. The largest absolute Gasteiger partial charge is 0.458 e. The summed E-state index contributed by atoms with van der Waals surface area (Å²) in [6, 6.07) is 0. The fourth-order valence-corrected chi connectivity index (χ4v) is 5.01. The number of carbonyl (C=O) groups excluding carboxylic acids is 2. The Hall–Kier alpha value is -1.87. The lowest BCUT2D eigenvalue weighted by Crippen LogP contribution is -2.46. The first kappa shape index (κ1) is 29.4. The third-order valence-corrected chi connectivity index (χ3v) is 7.85. The molecule has 5 atom stereocenters. The molecule has 8 heteroatoms. The van der Waals surface area contributed by atoms with Crippen LogP contribution in [0.1, 0.15) is 83.8 Å². The number of nitrogens with zero attached hydrogens (tertiary/aromatic N) is 1. The van der Waals surface area contributed by atoms with Crippen LogP contribution < -0.4 is 0 Å². The highest BCUT2D eigenvalue weighted by Crippen LogP contribution is 2.33. The predicted molar refractivity (Wildman–Crippen MR) is 138 cm³/mol. The van der Waals surface area contributed by atoms with E-state index >= 15 is 0 Å². The Labute approximate surface area is 212 Å². The van der Waals surface area contributed by atoms with Gasteiger partial charge in [-0.1, -0.05) is 39.3 Å². The van der Waals surface area contributed by atoms with E-state index < -0.39 is 35.6 Å². The number of esters is 1. The molecule has 2 heterocycles. The molecule has 1 aliphatic rings. The summed E-state index contributed by atoms with van der Waals surface area (Å²) in [5.74, 6) is -1.49. The minimum Gasteiger partial charge on any atom is -0.458 e.